The molecule has 0 aliphatic carbocycles. The van der Waals surface area contributed by atoms with Gasteiger partial charge in [-0.3, -0.25) is 0 Å². The smallest absolute Gasteiger partial charge is 0.331 e. The number of aliphatic carboxylic acids is 1. The summed E-state index contributed by atoms with van der Waals surface area (Å²) in [5.74, 6) is -0.136. The van der Waals surface area contributed by atoms with Gasteiger partial charge in [0.1, 0.15) is 5.75 Å². The molecule has 1 aromatic carbocycles. The predicted octanol–water partition coefficient (Wildman–Crippen LogP) is 0.301. The Balaban J connectivity index is 2.02. The normalized spacial score (nSPS) is 13.6. The molecule has 8 nitrogen and oxygen atoms in total. The number of aromatic nitrogens is 4. The number of tetrazole rings is 1. The van der Waals surface area contributed by atoms with Crippen molar-refractivity contribution in [3.8, 4) is 5.75 Å². The van der Waals surface area contributed by atoms with Crippen LogP contribution in [0.5, 0.6) is 5.75 Å². The van der Waals surface area contributed by atoms with E-state index in [1.807, 2.05) is 30.3 Å². The Bertz CT molecular complexity index is 585. The molecule has 2 atom stereocenters. The minimum Gasteiger partial charge on any atom is -0.493 e. The fourth-order valence-corrected chi connectivity index (χ4v) is 1.89. The molecule has 2 N–H and O–H groups in total. The van der Waals surface area contributed by atoms with E-state index in [-0.39, 0.29) is 0 Å². The van der Waals surface area contributed by atoms with Gasteiger partial charge in [-0.2, -0.15) is 0 Å². The minimum atomic E-state index is -1.22. The van der Waals surface area contributed by atoms with Crippen molar-refractivity contribution in [1.29, 1.82) is 0 Å². The maximum Gasteiger partial charge on any atom is 0.331 e. The number of rotatable bonds is 7. The minimum absolute atomic E-state index is 0.302. The number of hydrogen-bond donors (Lipinski definition) is 2. The summed E-state index contributed by atoms with van der Waals surface area (Å²) in [7, 11) is 0. The lowest BCUT2D eigenvalue weighted by atomic mass is 10.2. The second-order valence-electron chi connectivity index (χ2n) is 4.47. The van der Waals surface area contributed by atoms with Crippen LogP contribution in [0.25, 0.3) is 0 Å². The van der Waals surface area contributed by atoms with Gasteiger partial charge in [-0.1, -0.05) is 18.2 Å². The molecule has 2 rings (SSSR count). The molecule has 0 saturated carbocycles. The van der Waals surface area contributed by atoms with Gasteiger partial charge in [-0.05, 0) is 29.5 Å². The lowest BCUT2D eigenvalue weighted by Crippen LogP contribution is -2.31. The van der Waals surface area contributed by atoms with Crippen LogP contribution in [0.3, 0.4) is 0 Å². The van der Waals surface area contributed by atoms with Gasteiger partial charge in [-0.15, -0.1) is 5.10 Å². The summed E-state index contributed by atoms with van der Waals surface area (Å²) in [4.78, 5) is 11.2. The average Bonchev–Trinajstić information content (AvgIpc) is 2.87. The van der Waals surface area contributed by atoms with Crippen LogP contribution < -0.4 is 4.74 Å². The summed E-state index contributed by atoms with van der Waals surface area (Å²) in [5.41, 5.74) is 0. The van der Waals surface area contributed by atoms with Crippen molar-refractivity contribution in [2.45, 2.75) is 25.5 Å². The number of benzene rings is 1. The van der Waals surface area contributed by atoms with E-state index in [4.69, 9.17) is 9.84 Å². The highest BCUT2D eigenvalue weighted by atomic mass is 16.5. The van der Waals surface area contributed by atoms with Gasteiger partial charge in [0, 0.05) is 6.42 Å². The first kappa shape index (κ1) is 14.9. The predicted molar refractivity (Wildman–Crippen MR) is 71.8 cm³/mol. The summed E-state index contributed by atoms with van der Waals surface area (Å²) in [6, 6.07) is 8.01. The monoisotopic (exact) mass is 292 g/mol. The first-order valence-electron chi connectivity index (χ1n) is 6.45. The topological polar surface area (TPSA) is 110 Å². The van der Waals surface area contributed by atoms with Crippen LogP contribution in [0, 0.1) is 0 Å². The second kappa shape index (κ2) is 6.80. The van der Waals surface area contributed by atoms with Gasteiger partial charge in [0.15, 0.2) is 11.9 Å². The van der Waals surface area contributed by atoms with Crippen LogP contribution in [0.4, 0.5) is 0 Å². The van der Waals surface area contributed by atoms with Gasteiger partial charge >= 0.3 is 5.97 Å². The molecule has 0 radical (unpaired) electrons. The number of carbonyl (C=O) groups is 1. The molecular formula is C13H16N4O4. The SMILES string of the molecule is CC(O)C(C(=O)O)n1nnnc1CCOc1ccccc1. The Kier molecular flexibility index (Phi) is 4.83. The van der Waals surface area contributed by atoms with Crippen molar-refractivity contribution in [3.05, 3.63) is 36.2 Å². The number of para-hydroxylation sites is 1. The highest BCUT2D eigenvalue weighted by Gasteiger charge is 2.28. The average molecular weight is 292 g/mol. The summed E-state index contributed by atoms with van der Waals surface area (Å²) in [6.07, 6.45) is -0.780. The zero-order valence-electron chi connectivity index (χ0n) is 11.5. The van der Waals surface area contributed by atoms with Gasteiger partial charge in [0.2, 0.25) is 0 Å². The lowest BCUT2D eigenvalue weighted by Gasteiger charge is -2.16. The molecule has 1 aromatic heterocycles. The Morgan fingerprint density at radius 3 is 2.71 bits per heavy atom. The molecule has 0 spiro atoms. The number of nitrogens with zero attached hydrogens (tertiary/aromatic N) is 4. The summed E-state index contributed by atoms with van der Waals surface area (Å²) in [6.45, 7) is 1.68. The van der Waals surface area contributed by atoms with Crippen molar-refractivity contribution in [2.75, 3.05) is 6.61 Å². The van der Waals surface area contributed by atoms with Gasteiger partial charge in [0.05, 0.1) is 12.7 Å². The van der Waals surface area contributed by atoms with Crippen molar-refractivity contribution >= 4 is 5.97 Å². The molecule has 2 unspecified atom stereocenters. The Morgan fingerprint density at radius 2 is 2.10 bits per heavy atom. The van der Waals surface area contributed by atoms with Crippen LogP contribution in [0.2, 0.25) is 0 Å². The Morgan fingerprint density at radius 1 is 1.38 bits per heavy atom. The van der Waals surface area contributed by atoms with Crippen LogP contribution in [-0.2, 0) is 11.2 Å². The quantitative estimate of drug-likeness (QED) is 0.755. The highest BCUT2D eigenvalue weighted by Crippen LogP contribution is 2.13. The van der Waals surface area contributed by atoms with E-state index < -0.39 is 18.1 Å². The number of carboxylic acids is 1. The molecule has 112 valence electrons. The first-order valence-corrected chi connectivity index (χ1v) is 6.45. The van der Waals surface area contributed by atoms with E-state index in [9.17, 15) is 9.90 Å². The van der Waals surface area contributed by atoms with E-state index in [1.165, 1.54) is 6.92 Å². The molecule has 0 aliphatic heterocycles. The zero-order valence-corrected chi connectivity index (χ0v) is 11.5. The summed E-state index contributed by atoms with van der Waals surface area (Å²) >= 11 is 0. The number of hydrogen-bond acceptors (Lipinski definition) is 6. The van der Waals surface area contributed by atoms with Crippen molar-refractivity contribution in [2.24, 2.45) is 0 Å². The largest absolute Gasteiger partial charge is 0.493 e. The van der Waals surface area contributed by atoms with Crippen molar-refractivity contribution < 1.29 is 19.7 Å². The van der Waals surface area contributed by atoms with Gasteiger partial charge in [-0.25, -0.2) is 9.48 Å². The molecule has 8 heteroatoms. The van der Waals surface area contributed by atoms with E-state index >= 15 is 0 Å². The molecule has 0 saturated heterocycles. The molecule has 0 fully saturated rings. The van der Waals surface area contributed by atoms with E-state index in [2.05, 4.69) is 15.5 Å². The van der Waals surface area contributed by atoms with Crippen LogP contribution >= 0.6 is 0 Å². The molecule has 0 aliphatic rings. The number of aliphatic hydroxyl groups excluding tert-OH is 1. The first-order chi connectivity index (χ1) is 10.1. The lowest BCUT2D eigenvalue weighted by molar-refractivity contribution is -0.144. The molecule has 2 aromatic rings. The third kappa shape index (κ3) is 3.76. The maximum absolute atomic E-state index is 11.2. The Labute approximate surface area is 121 Å². The number of ether oxygens (including phenoxy) is 1. The van der Waals surface area contributed by atoms with Crippen LogP contribution in [0.1, 0.15) is 18.8 Å². The summed E-state index contributed by atoms with van der Waals surface area (Å²) < 4.78 is 6.63. The van der Waals surface area contributed by atoms with Crippen LogP contribution in [-0.4, -0.2) is 49.1 Å². The molecule has 0 amide bonds. The molecular weight excluding hydrogens is 276 g/mol. The number of carboxylic acid groups (broad SMARTS) is 1. The standard InChI is InChI=1S/C13H16N4O4/c1-9(18)12(13(19)20)17-11(14-15-16-17)7-8-21-10-5-3-2-4-6-10/h2-6,9,12,18H,7-8H2,1H3,(H,19,20). The van der Waals surface area contributed by atoms with E-state index in [1.54, 1.807) is 0 Å². The van der Waals surface area contributed by atoms with Crippen molar-refractivity contribution in [3.63, 3.8) is 0 Å². The number of aliphatic hydroxyl groups is 1. The fourth-order valence-electron chi connectivity index (χ4n) is 1.89. The van der Waals surface area contributed by atoms with Crippen LogP contribution in [0.15, 0.2) is 30.3 Å². The molecule has 1 heterocycles. The summed E-state index contributed by atoms with van der Waals surface area (Å²) in [5, 5.41) is 29.6. The van der Waals surface area contributed by atoms with Gasteiger partial charge < -0.3 is 14.9 Å². The Hall–Kier alpha value is -2.48. The maximum atomic E-state index is 11.2. The third-order valence-corrected chi connectivity index (χ3v) is 2.87. The van der Waals surface area contributed by atoms with Crippen molar-refractivity contribution in [1.82, 2.24) is 20.2 Å². The fraction of sp³-hybridized carbons (Fsp3) is 0.385. The van der Waals surface area contributed by atoms with E-state index in [0.29, 0.717) is 24.6 Å². The zero-order chi connectivity index (χ0) is 15.2. The molecule has 21 heavy (non-hydrogen) atoms. The third-order valence-electron chi connectivity index (χ3n) is 2.87. The molecule has 0 bridgehead atoms. The van der Waals surface area contributed by atoms with Gasteiger partial charge in [0.25, 0.3) is 0 Å². The van der Waals surface area contributed by atoms with E-state index in [0.717, 1.165) is 4.68 Å². The second-order valence-corrected chi connectivity index (χ2v) is 4.47. The highest BCUT2D eigenvalue weighted by molar-refractivity contribution is 5.72.